The maximum Gasteiger partial charge on any atom is 0.408 e. The Kier molecular flexibility index (Phi) is 12.0. The maximum atomic E-state index is 14.0. The highest BCUT2D eigenvalue weighted by Crippen LogP contribution is 2.44. The van der Waals surface area contributed by atoms with Gasteiger partial charge in [0.25, 0.3) is 5.91 Å². The average Bonchev–Trinajstić information content (AvgIpc) is 4.12. The number of aromatic amines is 2. The van der Waals surface area contributed by atoms with Gasteiger partial charge in [-0.2, -0.15) is 0 Å². The van der Waals surface area contributed by atoms with Crippen molar-refractivity contribution < 1.29 is 28.7 Å². The van der Waals surface area contributed by atoms with Gasteiger partial charge >= 0.3 is 12.2 Å². The molecule has 8 rings (SSSR count). The van der Waals surface area contributed by atoms with Gasteiger partial charge in [0.2, 0.25) is 5.91 Å². The van der Waals surface area contributed by atoms with E-state index < -0.39 is 24.3 Å². The fourth-order valence-corrected chi connectivity index (χ4v) is 10.7. The molecule has 0 bridgehead atoms. The molecule has 0 aliphatic carbocycles. The van der Waals surface area contributed by atoms with Crippen LogP contribution in [0.3, 0.4) is 0 Å². The van der Waals surface area contributed by atoms with Crippen molar-refractivity contribution in [1.82, 2.24) is 40.4 Å². The van der Waals surface area contributed by atoms with Crippen molar-refractivity contribution in [3.8, 4) is 33.6 Å². The van der Waals surface area contributed by atoms with Crippen LogP contribution in [0.25, 0.3) is 43.0 Å². The normalized spacial score (nSPS) is 17.6. The summed E-state index contributed by atoms with van der Waals surface area (Å²) >= 11 is 3.39. The Labute approximate surface area is 355 Å². The third-order valence-corrected chi connectivity index (χ3v) is 13.4. The quantitative estimate of drug-likeness (QED) is 0.0947. The highest BCUT2D eigenvalue weighted by atomic mass is 32.1. The van der Waals surface area contributed by atoms with E-state index in [1.807, 2.05) is 61.5 Å². The van der Waals surface area contributed by atoms with E-state index in [-0.39, 0.29) is 36.4 Å². The minimum atomic E-state index is -0.880. The number of nitrogens with one attached hydrogen (secondary N) is 4. The minimum Gasteiger partial charge on any atom is -0.453 e. The number of hydrogen-bond donors (Lipinski definition) is 4. The molecule has 4 amide bonds. The van der Waals surface area contributed by atoms with Gasteiger partial charge < -0.3 is 39.9 Å². The number of benzene rings is 2. The van der Waals surface area contributed by atoms with Gasteiger partial charge in [0.15, 0.2) is 0 Å². The molecule has 0 spiro atoms. The fourth-order valence-electron chi connectivity index (χ4n) is 8.23. The zero-order valence-corrected chi connectivity index (χ0v) is 35.5. The Morgan fingerprint density at radius 1 is 0.767 bits per heavy atom. The first kappa shape index (κ1) is 40.8. The summed E-state index contributed by atoms with van der Waals surface area (Å²) in [7, 11) is 1.29. The molecule has 4 aromatic heterocycles. The second-order valence-electron chi connectivity index (χ2n) is 15.3. The van der Waals surface area contributed by atoms with E-state index in [2.05, 4.69) is 55.6 Å². The Morgan fingerprint density at radius 3 is 1.98 bits per heavy atom. The number of alkyl carbamates (subject to hydrolysis) is 2. The summed E-state index contributed by atoms with van der Waals surface area (Å²) in [5.41, 5.74) is 6.73. The second kappa shape index (κ2) is 17.7. The summed E-state index contributed by atoms with van der Waals surface area (Å²) in [5, 5.41) is 9.82. The Morgan fingerprint density at radius 2 is 1.35 bits per heavy atom. The molecule has 2 fully saturated rings. The van der Waals surface area contributed by atoms with Crippen molar-refractivity contribution in [3.05, 3.63) is 95.0 Å². The van der Waals surface area contributed by atoms with Crippen LogP contribution in [-0.4, -0.2) is 86.6 Å². The van der Waals surface area contributed by atoms with Crippen molar-refractivity contribution in [1.29, 1.82) is 0 Å². The molecular weight excluding hydrogens is 801 g/mol. The van der Waals surface area contributed by atoms with Gasteiger partial charge in [-0.25, -0.2) is 19.6 Å². The largest absolute Gasteiger partial charge is 0.453 e. The lowest BCUT2D eigenvalue weighted by atomic mass is 10.0. The number of thiophene rings is 2. The van der Waals surface area contributed by atoms with E-state index in [4.69, 9.17) is 19.4 Å². The molecule has 2 aliphatic rings. The number of hydrogen-bond acceptors (Lipinski definition) is 10. The van der Waals surface area contributed by atoms with Crippen molar-refractivity contribution in [3.63, 3.8) is 0 Å². The summed E-state index contributed by atoms with van der Waals surface area (Å²) < 4.78 is 12.3. The van der Waals surface area contributed by atoms with Crippen molar-refractivity contribution in [2.24, 2.45) is 5.92 Å². The molecule has 16 heteroatoms. The number of nitrogens with zero attached hydrogens (tertiary/aromatic N) is 4. The Bertz CT molecular complexity index is 2470. The monoisotopic (exact) mass is 848 g/mol. The van der Waals surface area contributed by atoms with Crippen LogP contribution in [0.15, 0.2) is 77.8 Å². The number of rotatable bonds is 12. The van der Waals surface area contributed by atoms with Gasteiger partial charge in [0, 0.05) is 35.0 Å². The van der Waals surface area contributed by atoms with Gasteiger partial charge in [0.05, 0.1) is 59.0 Å². The van der Waals surface area contributed by atoms with Crippen LogP contribution in [-0.2, 0) is 19.1 Å². The predicted octanol–water partition coefficient (Wildman–Crippen LogP) is 8.61. The number of imidazole rings is 2. The molecule has 2 aliphatic heterocycles. The molecule has 60 heavy (non-hydrogen) atoms. The van der Waals surface area contributed by atoms with Crippen LogP contribution >= 0.6 is 22.7 Å². The number of fused-ring (bicyclic) bond motifs is 1. The molecule has 6 heterocycles. The molecular formula is C44H48N8O6S2. The van der Waals surface area contributed by atoms with Crippen molar-refractivity contribution in [2.45, 2.75) is 70.6 Å². The standard InChI is InChI=1S/C44H48N8O6S2/c1-5-58-44(56)50-36(28-11-7-6-8-12-28)42(54)52-20-10-13-33(52)39-45-21-31(47-39)27-17-15-26(16-18-27)29-23-59-38-30(24-60-37(29)38)32-22-46-40(48-32)34-14-9-19-51(34)41(53)35(25(2)3)49-43(55)57-4/h6-8,11-12,15-18,21-25,33-36H,5,9-10,13-14,19-20H2,1-4H3,(H,45,47)(H,46,48)(H,49,55)(H,50,56)/t33?,34?,35-,36+/m0/s1. The number of methoxy groups -OCH3 is 1. The van der Waals surface area contributed by atoms with E-state index in [9.17, 15) is 19.2 Å². The van der Waals surface area contributed by atoms with Crippen LogP contribution in [0.1, 0.15) is 81.8 Å². The number of carbonyl (C=O) groups excluding carboxylic acids is 4. The van der Waals surface area contributed by atoms with Crippen LogP contribution in [0.5, 0.6) is 0 Å². The van der Waals surface area contributed by atoms with E-state index in [0.717, 1.165) is 69.8 Å². The Hall–Kier alpha value is -6.00. The molecule has 312 valence electrons. The molecule has 0 saturated carbocycles. The smallest absolute Gasteiger partial charge is 0.408 e. The van der Waals surface area contributed by atoms with Gasteiger partial charge in [-0.3, -0.25) is 9.59 Å². The summed E-state index contributed by atoms with van der Waals surface area (Å²) in [5.74, 6) is 0.992. The maximum absolute atomic E-state index is 14.0. The first-order valence-electron chi connectivity index (χ1n) is 20.3. The highest BCUT2D eigenvalue weighted by Gasteiger charge is 2.39. The van der Waals surface area contributed by atoms with Crippen molar-refractivity contribution >= 4 is 56.1 Å². The van der Waals surface area contributed by atoms with Crippen LogP contribution in [0.4, 0.5) is 9.59 Å². The van der Waals surface area contributed by atoms with Gasteiger partial charge in [0.1, 0.15) is 23.7 Å². The average molecular weight is 849 g/mol. The third kappa shape index (κ3) is 8.13. The molecule has 14 nitrogen and oxygen atoms in total. The zero-order valence-electron chi connectivity index (χ0n) is 33.9. The summed E-state index contributed by atoms with van der Waals surface area (Å²) in [6.45, 7) is 6.90. The molecule has 4 atom stereocenters. The number of aromatic nitrogens is 4. The molecule has 2 unspecified atom stereocenters. The lowest BCUT2D eigenvalue weighted by Crippen LogP contribution is -2.51. The van der Waals surface area contributed by atoms with E-state index in [1.54, 1.807) is 34.5 Å². The summed E-state index contributed by atoms with van der Waals surface area (Å²) in [6, 6.07) is 15.6. The minimum absolute atomic E-state index is 0.109. The lowest BCUT2D eigenvalue weighted by Gasteiger charge is -2.30. The molecule has 0 radical (unpaired) electrons. The number of H-pyrrole nitrogens is 2. The Balaban J connectivity index is 0.963. The lowest BCUT2D eigenvalue weighted by molar-refractivity contribution is -0.136. The van der Waals surface area contributed by atoms with Gasteiger partial charge in [-0.1, -0.05) is 68.4 Å². The zero-order chi connectivity index (χ0) is 41.9. The van der Waals surface area contributed by atoms with E-state index in [1.165, 1.54) is 11.8 Å². The van der Waals surface area contributed by atoms with Crippen LogP contribution in [0.2, 0.25) is 0 Å². The van der Waals surface area contributed by atoms with Gasteiger partial charge in [-0.15, -0.1) is 22.7 Å². The second-order valence-corrected chi connectivity index (χ2v) is 17.1. The first-order chi connectivity index (χ1) is 29.1. The topological polar surface area (TPSA) is 175 Å². The molecule has 6 aromatic rings. The number of likely N-dealkylation sites (tertiary alicyclic amines) is 2. The van der Waals surface area contributed by atoms with Crippen LogP contribution < -0.4 is 10.6 Å². The number of amides is 4. The SMILES string of the molecule is CCOC(=O)N[C@@H](C(=O)N1CCCC1c1ncc(-c2ccc(-c3csc4c(-c5cnc(C6CCCN6C(=O)[C@@H](NC(=O)OC)C(C)C)[nH]5)csc34)cc2)[nH]1)c1ccccc1. The van der Waals surface area contributed by atoms with Crippen molar-refractivity contribution in [2.75, 3.05) is 26.8 Å². The summed E-state index contributed by atoms with van der Waals surface area (Å²) in [4.78, 5) is 72.3. The molecule has 2 aromatic carbocycles. The van der Waals surface area contributed by atoms with Gasteiger partial charge in [-0.05, 0) is 55.2 Å². The highest BCUT2D eigenvalue weighted by molar-refractivity contribution is 7.27. The fraction of sp³-hybridized carbons (Fsp3) is 0.364. The molecule has 4 N–H and O–H groups in total. The number of ether oxygens (including phenoxy) is 2. The van der Waals surface area contributed by atoms with Crippen LogP contribution in [0, 0.1) is 5.92 Å². The first-order valence-corrected chi connectivity index (χ1v) is 22.0. The molecule has 2 saturated heterocycles. The van der Waals surface area contributed by atoms with E-state index in [0.29, 0.717) is 24.5 Å². The number of carbonyl (C=O) groups is 4. The predicted molar refractivity (Wildman–Crippen MR) is 231 cm³/mol. The van der Waals surface area contributed by atoms with E-state index >= 15 is 0 Å². The third-order valence-electron chi connectivity index (χ3n) is 11.3. The summed E-state index contributed by atoms with van der Waals surface area (Å²) in [6.07, 6.45) is 5.60.